The van der Waals surface area contributed by atoms with Gasteiger partial charge in [-0.2, -0.15) is 10.2 Å². The highest BCUT2D eigenvalue weighted by Crippen LogP contribution is 2.06. The van der Waals surface area contributed by atoms with Crippen molar-refractivity contribution in [2.24, 2.45) is 5.73 Å². The SMILES string of the molecule is Cc1cc(C(=O)N[C@H](CC(N)=O)C(=O)O)c(C)nn1. The quantitative estimate of drug-likeness (QED) is 0.635. The standard InChI is InChI=1S/C11H14N4O4/c1-5-3-7(6(2)15-14-5)10(17)13-8(11(18)19)4-9(12)16/h3,8H,4H2,1-2H3,(H2,12,16)(H,13,17)(H,18,19)/t8-/m1/s1. The molecule has 0 radical (unpaired) electrons. The normalized spacial score (nSPS) is 11.7. The molecule has 0 fully saturated rings. The minimum absolute atomic E-state index is 0.211. The lowest BCUT2D eigenvalue weighted by molar-refractivity contribution is -0.140. The second-order valence-corrected chi connectivity index (χ2v) is 4.02. The van der Waals surface area contributed by atoms with E-state index in [-0.39, 0.29) is 5.56 Å². The van der Waals surface area contributed by atoms with Crippen LogP contribution in [0.3, 0.4) is 0 Å². The second kappa shape index (κ2) is 5.89. The molecule has 102 valence electrons. The molecule has 0 aliphatic carbocycles. The Morgan fingerprint density at radius 2 is 2.00 bits per heavy atom. The van der Waals surface area contributed by atoms with Crippen molar-refractivity contribution in [3.05, 3.63) is 23.0 Å². The summed E-state index contributed by atoms with van der Waals surface area (Å²) in [7, 11) is 0. The molecule has 4 N–H and O–H groups in total. The van der Waals surface area contributed by atoms with Gasteiger partial charge in [-0.3, -0.25) is 9.59 Å². The van der Waals surface area contributed by atoms with Crippen LogP contribution in [0.25, 0.3) is 0 Å². The maximum atomic E-state index is 11.9. The molecule has 1 atom stereocenters. The highest BCUT2D eigenvalue weighted by Gasteiger charge is 2.23. The zero-order valence-electron chi connectivity index (χ0n) is 10.5. The first-order chi connectivity index (χ1) is 8.81. The molecule has 2 amide bonds. The molecule has 0 aliphatic rings. The van der Waals surface area contributed by atoms with Crippen LogP contribution in [0.4, 0.5) is 0 Å². The van der Waals surface area contributed by atoms with Crippen molar-refractivity contribution in [3.8, 4) is 0 Å². The van der Waals surface area contributed by atoms with Crippen LogP contribution in [0.15, 0.2) is 6.07 Å². The number of carbonyl (C=O) groups is 3. The average Bonchev–Trinajstić information content (AvgIpc) is 2.30. The lowest BCUT2D eigenvalue weighted by Crippen LogP contribution is -2.43. The maximum absolute atomic E-state index is 11.9. The van der Waals surface area contributed by atoms with E-state index in [4.69, 9.17) is 10.8 Å². The Bertz CT molecular complexity index is 529. The van der Waals surface area contributed by atoms with Crippen molar-refractivity contribution in [3.63, 3.8) is 0 Å². The van der Waals surface area contributed by atoms with E-state index in [0.717, 1.165) is 0 Å². The second-order valence-electron chi connectivity index (χ2n) is 4.02. The van der Waals surface area contributed by atoms with Gasteiger partial charge in [0.2, 0.25) is 5.91 Å². The van der Waals surface area contributed by atoms with Gasteiger partial charge in [0, 0.05) is 0 Å². The molecule has 0 saturated carbocycles. The highest BCUT2D eigenvalue weighted by molar-refractivity contribution is 5.98. The first-order valence-corrected chi connectivity index (χ1v) is 5.44. The van der Waals surface area contributed by atoms with E-state index >= 15 is 0 Å². The molecule has 0 spiro atoms. The third kappa shape index (κ3) is 4.02. The number of carboxylic acid groups (broad SMARTS) is 1. The van der Waals surface area contributed by atoms with Crippen LogP contribution in [0.5, 0.6) is 0 Å². The van der Waals surface area contributed by atoms with E-state index in [1.54, 1.807) is 13.8 Å². The smallest absolute Gasteiger partial charge is 0.326 e. The Kier molecular flexibility index (Phi) is 4.51. The van der Waals surface area contributed by atoms with Crippen molar-refractivity contribution in [2.45, 2.75) is 26.3 Å². The summed E-state index contributed by atoms with van der Waals surface area (Å²) in [5.41, 5.74) is 6.03. The van der Waals surface area contributed by atoms with Crippen LogP contribution >= 0.6 is 0 Å². The number of rotatable bonds is 5. The van der Waals surface area contributed by atoms with Crippen molar-refractivity contribution < 1.29 is 19.5 Å². The fourth-order valence-corrected chi connectivity index (χ4v) is 1.42. The summed E-state index contributed by atoms with van der Waals surface area (Å²) < 4.78 is 0. The van der Waals surface area contributed by atoms with Crippen molar-refractivity contribution in [1.29, 1.82) is 0 Å². The molecule has 8 heteroatoms. The van der Waals surface area contributed by atoms with Gasteiger partial charge in [0.25, 0.3) is 5.91 Å². The van der Waals surface area contributed by atoms with Gasteiger partial charge in [0.1, 0.15) is 6.04 Å². The van der Waals surface area contributed by atoms with Gasteiger partial charge in [0.05, 0.1) is 23.4 Å². The van der Waals surface area contributed by atoms with Crippen LogP contribution < -0.4 is 11.1 Å². The van der Waals surface area contributed by atoms with Crippen LogP contribution in [-0.2, 0) is 9.59 Å². The van der Waals surface area contributed by atoms with E-state index in [1.807, 2.05) is 0 Å². The fourth-order valence-electron chi connectivity index (χ4n) is 1.42. The number of nitrogens with one attached hydrogen (secondary N) is 1. The van der Waals surface area contributed by atoms with E-state index < -0.39 is 30.2 Å². The summed E-state index contributed by atoms with van der Waals surface area (Å²) in [6, 6.07) is 0.124. The number of carbonyl (C=O) groups excluding carboxylic acids is 2. The Morgan fingerprint density at radius 1 is 1.37 bits per heavy atom. The Hall–Kier alpha value is -2.51. The first-order valence-electron chi connectivity index (χ1n) is 5.44. The van der Waals surface area contributed by atoms with Crippen molar-refractivity contribution >= 4 is 17.8 Å². The van der Waals surface area contributed by atoms with E-state index in [0.29, 0.717) is 11.4 Å². The summed E-state index contributed by atoms with van der Waals surface area (Å²) in [6.07, 6.45) is -0.475. The van der Waals surface area contributed by atoms with E-state index in [9.17, 15) is 14.4 Å². The first kappa shape index (κ1) is 14.6. The van der Waals surface area contributed by atoms with Crippen LogP contribution in [0.2, 0.25) is 0 Å². The molecular weight excluding hydrogens is 252 g/mol. The number of nitrogens with zero attached hydrogens (tertiary/aromatic N) is 2. The van der Waals surface area contributed by atoms with Gasteiger partial charge in [-0.25, -0.2) is 4.79 Å². The predicted octanol–water partition coefficient (Wildman–Crippen LogP) is -0.848. The largest absolute Gasteiger partial charge is 0.480 e. The van der Waals surface area contributed by atoms with Crippen molar-refractivity contribution in [2.75, 3.05) is 0 Å². The molecule has 0 unspecified atom stereocenters. The third-order valence-electron chi connectivity index (χ3n) is 2.35. The summed E-state index contributed by atoms with van der Waals surface area (Å²) >= 11 is 0. The van der Waals surface area contributed by atoms with Gasteiger partial charge >= 0.3 is 5.97 Å². The molecule has 0 saturated heterocycles. The van der Waals surface area contributed by atoms with E-state index in [2.05, 4.69) is 15.5 Å². The van der Waals surface area contributed by atoms with Gasteiger partial charge in [-0.1, -0.05) is 0 Å². The minimum Gasteiger partial charge on any atom is -0.480 e. The molecule has 1 aromatic rings. The zero-order chi connectivity index (χ0) is 14.6. The Labute approximate surface area is 109 Å². The lowest BCUT2D eigenvalue weighted by Gasteiger charge is -2.13. The fraction of sp³-hybridized carbons (Fsp3) is 0.364. The van der Waals surface area contributed by atoms with Gasteiger partial charge in [0.15, 0.2) is 0 Å². The average molecular weight is 266 g/mol. The monoisotopic (exact) mass is 266 g/mol. The zero-order valence-corrected chi connectivity index (χ0v) is 10.5. The topological polar surface area (TPSA) is 135 Å². The van der Waals surface area contributed by atoms with E-state index in [1.165, 1.54) is 6.07 Å². The van der Waals surface area contributed by atoms with Crippen LogP contribution in [0, 0.1) is 13.8 Å². The van der Waals surface area contributed by atoms with Gasteiger partial charge in [-0.05, 0) is 19.9 Å². The number of aliphatic carboxylic acids is 1. The molecule has 19 heavy (non-hydrogen) atoms. The van der Waals surface area contributed by atoms with Crippen molar-refractivity contribution in [1.82, 2.24) is 15.5 Å². The Balaban J connectivity index is 2.90. The number of hydrogen-bond acceptors (Lipinski definition) is 5. The molecule has 1 aromatic heterocycles. The molecule has 8 nitrogen and oxygen atoms in total. The number of nitrogens with two attached hydrogens (primary N) is 1. The maximum Gasteiger partial charge on any atom is 0.326 e. The summed E-state index contributed by atoms with van der Waals surface area (Å²) in [5.74, 6) is -2.78. The number of aryl methyl sites for hydroxylation is 2. The number of primary amides is 1. The van der Waals surface area contributed by atoms with Crippen LogP contribution in [0.1, 0.15) is 28.2 Å². The number of amides is 2. The third-order valence-corrected chi connectivity index (χ3v) is 2.35. The van der Waals surface area contributed by atoms with Gasteiger partial charge in [-0.15, -0.1) is 0 Å². The summed E-state index contributed by atoms with van der Waals surface area (Å²) in [4.78, 5) is 33.6. The molecule has 0 aliphatic heterocycles. The minimum atomic E-state index is -1.36. The number of carboxylic acids is 1. The van der Waals surface area contributed by atoms with Crippen LogP contribution in [-0.4, -0.2) is 39.1 Å². The number of aromatic nitrogens is 2. The summed E-state index contributed by atoms with van der Waals surface area (Å²) in [5, 5.41) is 18.6. The molecule has 0 aromatic carbocycles. The molecule has 1 heterocycles. The Morgan fingerprint density at radius 3 is 2.53 bits per heavy atom. The predicted molar refractivity (Wildman–Crippen MR) is 64.2 cm³/mol. The highest BCUT2D eigenvalue weighted by atomic mass is 16.4. The van der Waals surface area contributed by atoms with Gasteiger partial charge < -0.3 is 16.2 Å². The molecule has 1 rings (SSSR count). The lowest BCUT2D eigenvalue weighted by atomic mass is 10.1. The number of hydrogen-bond donors (Lipinski definition) is 3. The molecular formula is C11H14N4O4. The summed E-state index contributed by atoms with van der Waals surface area (Å²) in [6.45, 7) is 3.23. The molecule has 0 bridgehead atoms.